The lowest BCUT2D eigenvalue weighted by Gasteiger charge is -2.12. The largest absolute Gasteiger partial charge is 0.380 e. The zero-order chi connectivity index (χ0) is 22.5. The van der Waals surface area contributed by atoms with Gasteiger partial charge in [-0.1, -0.05) is 17.9 Å². The highest BCUT2D eigenvalue weighted by atomic mass is 19.1. The molecule has 2 rings (SSSR count). The van der Waals surface area contributed by atoms with Gasteiger partial charge in [-0.15, -0.1) is 0 Å². The number of anilines is 3. The lowest BCUT2D eigenvalue weighted by atomic mass is 10.2. The first kappa shape index (κ1) is 24.1. The molecule has 5 N–H and O–H groups in total. The second-order valence-electron chi connectivity index (χ2n) is 6.73. The van der Waals surface area contributed by atoms with Gasteiger partial charge in [0.1, 0.15) is 11.6 Å². The fourth-order valence-corrected chi connectivity index (χ4v) is 2.69. The number of nitrogens with one attached hydrogen (secondary N) is 3. The van der Waals surface area contributed by atoms with Crippen LogP contribution in [-0.2, 0) is 9.53 Å². The van der Waals surface area contributed by atoms with E-state index in [4.69, 9.17) is 10.5 Å². The summed E-state index contributed by atoms with van der Waals surface area (Å²) in [4.78, 5) is 20.4. The second-order valence-corrected chi connectivity index (χ2v) is 6.73. The van der Waals surface area contributed by atoms with Crippen molar-refractivity contribution in [1.29, 1.82) is 0 Å². The Morgan fingerprint density at radius 2 is 2.23 bits per heavy atom. The van der Waals surface area contributed by atoms with Crippen LogP contribution < -0.4 is 21.7 Å². The summed E-state index contributed by atoms with van der Waals surface area (Å²) in [6, 6.07) is 6.07. The van der Waals surface area contributed by atoms with E-state index in [0.717, 1.165) is 6.42 Å². The van der Waals surface area contributed by atoms with Crippen LogP contribution in [0.3, 0.4) is 0 Å². The van der Waals surface area contributed by atoms with Crippen LogP contribution in [-0.4, -0.2) is 49.2 Å². The summed E-state index contributed by atoms with van der Waals surface area (Å²) in [7, 11) is 3.33. The van der Waals surface area contributed by atoms with Crippen LogP contribution in [0.25, 0.3) is 0 Å². The van der Waals surface area contributed by atoms with Crippen molar-refractivity contribution in [3.8, 4) is 11.8 Å². The molecule has 0 aliphatic carbocycles. The maximum absolute atomic E-state index is 13.3. The van der Waals surface area contributed by atoms with Crippen LogP contribution in [0, 0.1) is 17.7 Å². The minimum absolute atomic E-state index is 0.0179. The number of carbonyl (C=O) groups is 1. The molecule has 1 heterocycles. The van der Waals surface area contributed by atoms with E-state index in [2.05, 4.69) is 37.8 Å². The van der Waals surface area contributed by atoms with Gasteiger partial charge >= 0.3 is 0 Å². The SMILES string of the molecule is CNc1nc(Nc2cccc(F)c2)ncc1C#CCCCNC(=O)CC[C@@H](CN)OC. The van der Waals surface area contributed by atoms with Crippen molar-refractivity contribution >= 4 is 23.4 Å². The molecular formula is C22H29FN6O2. The van der Waals surface area contributed by atoms with Crippen molar-refractivity contribution in [1.82, 2.24) is 15.3 Å². The van der Waals surface area contributed by atoms with E-state index in [0.29, 0.717) is 55.4 Å². The zero-order valence-corrected chi connectivity index (χ0v) is 17.9. The van der Waals surface area contributed by atoms with E-state index in [1.54, 1.807) is 32.5 Å². The van der Waals surface area contributed by atoms with E-state index in [1.165, 1.54) is 12.1 Å². The van der Waals surface area contributed by atoms with E-state index in [-0.39, 0.29) is 17.8 Å². The normalized spacial score (nSPS) is 11.2. The predicted octanol–water partition coefficient (Wildman–Crippen LogP) is 2.40. The number of benzene rings is 1. The molecule has 0 fully saturated rings. The minimum Gasteiger partial charge on any atom is -0.380 e. The Hall–Kier alpha value is -3.22. The van der Waals surface area contributed by atoms with Crippen molar-refractivity contribution < 1.29 is 13.9 Å². The number of hydrogen-bond donors (Lipinski definition) is 4. The third kappa shape index (κ3) is 8.58. The van der Waals surface area contributed by atoms with Gasteiger partial charge in [-0.2, -0.15) is 4.98 Å². The summed E-state index contributed by atoms with van der Waals surface area (Å²) in [5.74, 6) is 6.66. The molecule has 31 heavy (non-hydrogen) atoms. The standard InChI is InChI=1S/C22H29FN6O2/c1-25-21-16(15-27-22(29-21)28-18-9-6-8-17(23)13-18)7-4-3-5-12-26-20(30)11-10-19(14-24)31-2/h6,8-9,13,15,19H,3,5,10-12,14,24H2,1-2H3,(H,26,30)(H2,25,27,28,29)/t19-/m0/s1. The van der Waals surface area contributed by atoms with Gasteiger partial charge in [-0.25, -0.2) is 9.37 Å². The molecule has 2 aromatic rings. The predicted molar refractivity (Wildman–Crippen MR) is 119 cm³/mol. The van der Waals surface area contributed by atoms with Gasteiger partial charge in [0.05, 0.1) is 17.9 Å². The fourth-order valence-electron chi connectivity index (χ4n) is 2.69. The molecule has 0 unspecified atom stereocenters. The van der Waals surface area contributed by atoms with Crippen molar-refractivity contribution in [2.45, 2.75) is 31.8 Å². The van der Waals surface area contributed by atoms with Gasteiger partial charge in [0.2, 0.25) is 11.9 Å². The number of nitrogens with two attached hydrogens (primary N) is 1. The van der Waals surface area contributed by atoms with Crippen LogP contribution in [0.15, 0.2) is 30.5 Å². The Morgan fingerprint density at radius 3 is 2.94 bits per heavy atom. The van der Waals surface area contributed by atoms with E-state index in [9.17, 15) is 9.18 Å². The summed E-state index contributed by atoms with van der Waals surface area (Å²) in [5.41, 5.74) is 6.75. The number of halogens is 1. The maximum Gasteiger partial charge on any atom is 0.229 e. The highest BCUT2D eigenvalue weighted by molar-refractivity contribution is 5.75. The second kappa shape index (κ2) is 13.2. The van der Waals surface area contributed by atoms with Gasteiger partial charge in [0, 0.05) is 45.8 Å². The van der Waals surface area contributed by atoms with Crippen LogP contribution in [0.5, 0.6) is 0 Å². The lowest BCUT2D eigenvalue weighted by Crippen LogP contribution is -2.28. The first-order valence-corrected chi connectivity index (χ1v) is 10.1. The molecule has 1 amide bonds. The smallest absolute Gasteiger partial charge is 0.229 e. The molecule has 8 nitrogen and oxygen atoms in total. The Kier molecular flexibility index (Phi) is 10.2. The van der Waals surface area contributed by atoms with Crippen molar-refractivity contribution in [2.24, 2.45) is 5.73 Å². The van der Waals surface area contributed by atoms with Crippen molar-refractivity contribution in [3.63, 3.8) is 0 Å². The molecular weight excluding hydrogens is 399 g/mol. The third-order valence-corrected chi connectivity index (χ3v) is 4.42. The number of ether oxygens (including phenoxy) is 1. The summed E-state index contributed by atoms with van der Waals surface area (Å²) in [6.07, 6.45) is 3.87. The average molecular weight is 429 g/mol. The minimum atomic E-state index is -0.341. The molecule has 9 heteroatoms. The average Bonchev–Trinajstić information content (AvgIpc) is 2.77. The molecule has 0 aliphatic heterocycles. The maximum atomic E-state index is 13.3. The van der Waals surface area contributed by atoms with Crippen LogP contribution in [0.2, 0.25) is 0 Å². The highest BCUT2D eigenvalue weighted by Gasteiger charge is 2.08. The Morgan fingerprint density at radius 1 is 1.39 bits per heavy atom. The molecule has 1 aromatic heterocycles. The van der Waals surface area contributed by atoms with E-state index in [1.807, 2.05) is 0 Å². The molecule has 0 saturated heterocycles. The highest BCUT2D eigenvalue weighted by Crippen LogP contribution is 2.17. The van der Waals surface area contributed by atoms with Gasteiger partial charge in [-0.3, -0.25) is 4.79 Å². The Bertz CT molecular complexity index is 908. The molecule has 1 atom stereocenters. The number of carbonyl (C=O) groups excluding carboxylic acids is 1. The van der Waals surface area contributed by atoms with Gasteiger partial charge < -0.3 is 26.4 Å². The number of hydrogen-bond acceptors (Lipinski definition) is 7. The Labute approximate surface area is 182 Å². The summed E-state index contributed by atoms with van der Waals surface area (Å²) < 4.78 is 18.5. The molecule has 0 spiro atoms. The third-order valence-electron chi connectivity index (χ3n) is 4.42. The summed E-state index contributed by atoms with van der Waals surface area (Å²) in [5, 5.41) is 8.82. The number of nitrogens with zero attached hydrogens (tertiary/aromatic N) is 2. The first-order chi connectivity index (χ1) is 15.0. The molecule has 166 valence electrons. The quantitative estimate of drug-likeness (QED) is 0.321. The molecule has 0 saturated carbocycles. The van der Waals surface area contributed by atoms with Crippen LogP contribution in [0.1, 0.15) is 31.2 Å². The lowest BCUT2D eigenvalue weighted by molar-refractivity contribution is -0.121. The number of aromatic nitrogens is 2. The van der Waals surface area contributed by atoms with Gasteiger partial charge in [0.25, 0.3) is 0 Å². The molecule has 0 bridgehead atoms. The van der Waals surface area contributed by atoms with Gasteiger partial charge in [-0.05, 0) is 31.0 Å². The number of methoxy groups -OCH3 is 1. The zero-order valence-electron chi connectivity index (χ0n) is 17.9. The number of unbranched alkanes of at least 4 members (excludes halogenated alkanes) is 1. The molecule has 0 aliphatic rings. The van der Waals surface area contributed by atoms with E-state index >= 15 is 0 Å². The first-order valence-electron chi connectivity index (χ1n) is 10.1. The summed E-state index contributed by atoms with van der Waals surface area (Å²) in [6.45, 7) is 0.958. The Balaban J connectivity index is 1.79. The summed E-state index contributed by atoms with van der Waals surface area (Å²) >= 11 is 0. The van der Waals surface area contributed by atoms with E-state index < -0.39 is 0 Å². The topological polar surface area (TPSA) is 114 Å². The number of amides is 1. The van der Waals surface area contributed by atoms with Crippen molar-refractivity contribution in [2.75, 3.05) is 37.9 Å². The van der Waals surface area contributed by atoms with Crippen LogP contribution in [0.4, 0.5) is 21.8 Å². The van der Waals surface area contributed by atoms with Gasteiger partial charge in [0.15, 0.2) is 0 Å². The number of rotatable bonds is 11. The molecule has 1 aromatic carbocycles. The fraction of sp³-hybridized carbons (Fsp3) is 0.409. The monoisotopic (exact) mass is 428 g/mol. The molecule has 0 radical (unpaired) electrons. The van der Waals surface area contributed by atoms with Crippen LogP contribution >= 0.6 is 0 Å². The van der Waals surface area contributed by atoms with Crippen molar-refractivity contribution in [3.05, 3.63) is 41.8 Å².